The summed E-state index contributed by atoms with van der Waals surface area (Å²) < 4.78 is 0. The Morgan fingerprint density at radius 3 is 1.78 bits per heavy atom. The van der Waals surface area contributed by atoms with Crippen LogP contribution in [-0.4, -0.2) is 0 Å². The van der Waals surface area contributed by atoms with E-state index in [-0.39, 0.29) is 0 Å². The Labute approximate surface area is 165 Å². The standard InChI is InChI=1S/C26H33N/c1-2-3-4-5-6-7-21-8-12-23(13-9-21)25-16-18-26(19-17-25)24-14-10-22(20-27)11-15-24/h8-15,25-26H,2-7,16-19H2,1H3. The molecule has 0 amide bonds. The van der Waals surface area contributed by atoms with Crippen LogP contribution in [0, 0.1) is 11.3 Å². The molecule has 0 radical (unpaired) electrons. The average molecular weight is 360 g/mol. The lowest BCUT2D eigenvalue weighted by Crippen LogP contribution is -2.12. The number of nitrogens with zero attached hydrogens (tertiary/aromatic N) is 1. The topological polar surface area (TPSA) is 23.8 Å². The van der Waals surface area contributed by atoms with Crippen molar-refractivity contribution in [2.75, 3.05) is 0 Å². The molecule has 1 saturated carbocycles. The molecule has 1 heteroatoms. The zero-order chi connectivity index (χ0) is 18.9. The van der Waals surface area contributed by atoms with E-state index in [0.29, 0.717) is 5.92 Å². The van der Waals surface area contributed by atoms with Crippen LogP contribution in [0.3, 0.4) is 0 Å². The number of benzene rings is 2. The Balaban J connectivity index is 1.47. The van der Waals surface area contributed by atoms with E-state index in [1.54, 1.807) is 0 Å². The van der Waals surface area contributed by atoms with Crippen LogP contribution in [-0.2, 0) is 6.42 Å². The van der Waals surface area contributed by atoms with Crippen molar-refractivity contribution in [1.29, 1.82) is 5.26 Å². The summed E-state index contributed by atoms with van der Waals surface area (Å²) in [6.45, 7) is 2.27. The monoisotopic (exact) mass is 359 g/mol. The molecule has 0 atom stereocenters. The van der Waals surface area contributed by atoms with Gasteiger partial charge in [-0.25, -0.2) is 0 Å². The maximum atomic E-state index is 8.95. The molecule has 0 bridgehead atoms. The molecule has 0 unspecified atom stereocenters. The molecule has 1 nitrogen and oxygen atoms in total. The molecule has 0 N–H and O–H groups in total. The summed E-state index contributed by atoms with van der Waals surface area (Å²) in [5, 5.41) is 8.95. The molecule has 0 spiro atoms. The second-order valence-electron chi connectivity index (χ2n) is 8.19. The molecule has 0 aliphatic heterocycles. The van der Waals surface area contributed by atoms with Gasteiger partial charge in [-0.3, -0.25) is 0 Å². The van der Waals surface area contributed by atoms with Gasteiger partial charge in [0.2, 0.25) is 0 Å². The van der Waals surface area contributed by atoms with Crippen molar-refractivity contribution in [3.8, 4) is 6.07 Å². The third-order valence-electron chi connectivity index (χ3n) is 6.26. The van der Waals surface area contributed by atoms with Gasteiger partial charge in [0.05, 0.1) is 11.6 Å². The maximum Gasteiger partial charge on any atom is 0.0991 e. The first-order valence-electron chi connectivity index (χ1n) is 10.9. The fraction of sp³-hybridized carbons (Fsp3) is 0.500. The van der Waals surface area contributed by atoms with Gasteiger partial charge in [0, 0.05) is 0 Å². The minimum absolute atomic E-state index is 0.663. The van der Waals surface area contributed by atoms with E-state index >= 15 is 0 Å². The van der Waals surface area contributed by atoms with Gasteiger partial charge in [-0.15, -0.1) is 0 Å². The fourth-order valence-electron chi connectivity index (χ4n) is 4.48. The maximum absolute atomic E-state index is 8.95. The van der Waals surface area contributed by atoms with Crippen LogP contribution < -0.4 is 0 Å². The lowest BCUT2D eigenvalue weighted by molar-refractivity contribution is 0.396. The first kappa shape index (κ1) is 19.7. The third-order valence-corrected chi connectivity index (χ3v) is 6.26. The molecule has 142 valence electrons. The van der Waals surface area contributed by atoms with Crippen molar-refractivity contribution in [3.05, 3.63) is 70.8 Å². The highest BCUT2D eigenvalue weighted by Crippen LogP contribution is 2.40. The number of rotatable bonds is 8. The molecule has 1 aliphatic carbocycles. The van der Waals surface area contributed by atoms with E-state index < -0.39 is 0 Å². The Bertz CT molecular complexity index is 712. The van der Waals surface area contributed by atoms with Crippen molar-refractivity contribution in [2.45, 2.75) is 83.0 Å². The second-order valence-corrected chi connectivity index (χ2v) is 8.19. The van der Waals surface area contributed by atoms with Gasteiger partial charge in [-0.2, -0.15) is 5.26 Å². The molecule has 1 aliphatic rings. The normalized spacial score (nSPS) is 19.6. The highest BCUT2D eigenvalue weighted by atomic mass is 14.3. The van der Waals surface area contributed by atoms with Crippen molar-refractivity contribution in [1.82, 2.24) is 0 Å². The number of unbranched alkanes of at least 4 members (excludes halogenated alkanes) is 4. The highest BCUT2D eigenvalue weighted by Gasteiger charge is 2.23. The predicted molar refractivity (Wildman–Crippen MR) is 114 cm³/mol. The molecule has 0 aromatic heterocycles. The van der Waals surface area contributed by atoms with E-state index in [1.807, 2.05) is 12.1 Å². The molecule has 3 rings (SSSR count). The molecular weight excluding hydrogens is 326 g/mol. The SMILES string of the molecule is CCCCCCCc1ccc(C2CCC(c3ccc(C#N)cc3)CC2)cc1. The zero-order valence-electron chi connectivity index (χ0n) is 16.8. The molecule has 2 aromatic rings. The van der Waals surface area contributed by atoms with Crippen LogP contribution in [0.5, 0.6) is 0 Å². The van der Waals surface area contributed by atoms with Gasteiger partial charge in [0.25, 0.3) is 0 Å². The van der Waals surface area contributed by atoms with Gasteiger partial charge in [-0.1, -0.05) is 69.0 Å². The minimum Gasteiger partial charge on any atom is -0.192 e. The lowest BCUT2D eigenvalue weighted by atomic mass is 9.76. The summed E-state index contributed by atoms with van der Waals surface area (Å²) in [5.74, 6) is 1.38. The molecule has 1 fully saturated rings. The van der Waals surface area contributed by atoms with E-state index in [2.05, 4.69) is 49.4 Å². The van der Waals surface area contributed by atoms with Crippen molar-refractivity contribution < 1.29 is 0 Å². The number of aryl methyl sites for hydroxylation is 1. The first-order valence-corrected chi connectivity index (χ1v) is 10.9. The van der Waals surface area contributed by atoms with E-state index in [9.17, 15) is 0 Å². The van der Waals surface area contributed by atoms with E-state index in [0.717, 1.165) is 11.5 Å². The van der Waals surface area contributed by atoms with E-state index in [4.69, 9.17) is 5.26 Å². The Morgan fingerprint density at radius 1 is 0.741 bits per heavy atom. The number of hydrogen-bond acceptors (Lipinski definition) is 1. The summed E-state index contributed by atoms with van der Waals surface area (Å²) in [5.41, 5.74) is 5.20. The Morgan fingerprint density at radius 2 is 1.26 bits per heavy atom. The molecule has 0 saturated heterocycles. The average Bonchev–Trinajstić information content (AvgIpc) is 2.74. The smallest absolute Gasteiger partial charge is 0.0991 e. The predicted octanol–water partition coefficient (Wildman–Crippen LogP) is 7.51. The summed E-state index contributed by atoms with van der Waals surface area (Å²) in [7, 11) is 0. The second kappa shape index (κ2) is 10.3. The summed E-state index contributed by atoms with van der Waals surface area (Å²) in [6, 6.07) is 19.9. The largest absolute Gasteiger partial charge is 0.192 e. The van der Waals surface area contributed by atoms with Crippen LogP contribution in [0.25, 0.3) is 0 Å². The quantitative estimate of drug-likeness (QED) is 0.447. The Kier molecular flexibility index (Phi) is 7.52. The summed E-state index contributed by atoms with van der Waals surface area (Å²) in [4.78, 5) is 0. The van der Waals surface area contributed by atoms with Gasteiger partial charge in [-0.05, 0) is 79.2 Å². The van der Waals surface area contributed by atoms with Gasteiger partial charge >= 0.3 is 0 Å². The molecular formula is C26H33N. The van der Waals surface area contributed by atoms with Gasteiger partial charge < -0.3 is 0 Å². The van der Waals surface area contributed by atoms with Crippen molar-refractivity contribution in [2.24, 2.45) is 0 Å². The minimum atomic E-state index is 0.663. The van der Waals surface area contributed by atoms with Crippen molar-refractivity contribution in [3.63, 3.8) is 0 Å². The molecule has 2 aromatic carbocycles. The van der Waals surface area contributed by atoms with E-state index in [1.165, 1.54) is 80.9 Å². The van der Waals surface area contributed by atoms with Crippen LogP contribution in [0.4, 0.5) is 0 Å². The Hall–Kier alpha value is -2.07. The zero-order valence-corrected chi connectivity index (χ0v) is 16.8. The lowest BCUT2D eigenvalue weighted by Gasteiger charge is -2.29. The van der Waals surface area contributed by atoms with Crippen LogP contribution in [0.15, 0.2) is 48.5 Å². The summed E-state index contributed by atoms with van der Waals surface area (Å²) >= 11 is 0. The summed E-state index contributed by atoms with van der Waals surface area (Å²) in [6.07, 6.45) is 13.1. The number of nitriles is 1. The van der Waals surface area contributed by atoms with Crippen LogP contribution >= 0.6 is 0 Å². The van der Waals surface area contributed by atoms with Gasteiger partial charge in [0.1, 0.15) is 0 Å². The molecule has 27 heavy (non-hydrogen) atoms. The first-order chi connectivity index (χ1) is 13.3. The fourth-order valence-corrected chi connectivity index (χ4v) is 4.48. The number of hydrogen-bond donors (Lipinski definition) is 0. The third kappa shape index (κ3) is 5.70. The van der Waals surface area contributed by atoms with Crippen LogP contribution in [0.1, 0.15) is 98.8 Å². The van der Waals surface area contributed by atoms with Crippen LogP contribution in [0.2, 0.25) is 0 Å². The van der Waals surface area contributed by atoms with Crippen molar-refractivity contribution >= 4 is 0 Å². The van der Waals surface area contributed by atoms with Gasteiger partial charge in [0.15, 0.2) is 0 Å². The highest BCUT2D eigenvalue weighted by molar-refractivity contribution is 5.33. The molecule has 0 heterocycles.